The van der Waals surface area contributed by atoms with Crippen LogP contribution in [-0.2, 0) is 14.8 Å². The third-order valence-electron chi connectivity index (χ3n) is 3.43. The van der Waals surface area contributed by atoms with Gasteiger partial charge in [0.2, 0.25) is 10.0 Å². The average molecular weight is 320 g/mol. The molecule has 1 aliphatic heterocycles. The molecule has 1 saturated heterocycles. The molecular weight excluding hydrogens is 304 g/mol. The summed E-state index contributed by atoms with van der Waals surface area (Å²) in [5.41, 5.74) is 1.44. The Morgan fingerprint density at radius 3 is 2.82 bits per heavy atom. The molecule has 0 radical (unpaired) electrons. The second kappa shape index (κ2) is 6.07. The first-order chi connectivity index (χ1) is 10.6. The van der Waals surface area contributed by atoms with Crippen LogP contribution in [0.2, 0.25) is 0 Å². The Hall–Kier alpha value is -1.90. The van der Waals surface area contributed by atoms with E-state index in [2.05, 4.69) is 15.0 Å². The van der Waals surface area contributed by atoms with Crippen molar-refractivity contribution in [2.75, 3.05) is 19.7 Å². The number of nitrogens with zero attached hydrogens (tertiary/aromatic N) is 4. The second-order valence-electron chi connectivity index (χ2n) is 4.99. The van der Waals surface area contributed by atoms with E-state index in [9.17, 15) is 8.42 Å². The number of hydrogen-bond donors (Lipinski definition) is 0. The summed E-state index contributed by atoms with van der Waals surface area (Å²) in [5.74, 6) is 0. The Labute approximate surface area is 129 Å². The zero-order chi connectivity index (χ0) is 15.6. The molecule has 3 heterocycles. The molecule has 0 amide bonds. The van der Waals surface area contributed by atoms with Crippen molar-refractivity contribution in [1.82, 2.24) is 19.3 Å². The van der Waals surface area contributed by atoms with Crippen LogP contribution in [-0.4, -0.2) is 47.4 Å². The van der Waals surface area contributed by atoms with E-state index in [0.29, 0.717) is 18.8 Å². The number of aryl methyl sites for hydroxylation is 1. The summed E-state index contributed by atoms with van der Waals surface area (Å²) in [5, 5.41) is 0. The van der Waals surface area contributed by atoms with E-state index in [1.807, 2.05) is 6.92 Å². The van der Waals surface area contributed by atoms with E-state index < -0.39 is 16.1 Å². The first kappa shape index (κ1) is 15.0. The average Bonchev–Trinajstić information content (AvgIpc) is 2.56. The van der Waals surface area contributed by atoms with Crippen molar-refractivity contribution in [3.63, 3.8) is 0 Å². The summed E-state index contributed by atoms with van der Waals surface area (Å²) >= 11 is 0. The highest BCUT2D eigenvalue weighted by Gasteiger charge is 2.32. The van der Waals surface area contributed by atoms with Gasteiger partial charge < -0.3 is 4.74 Å². The van der Waals surface area contributed by atoms with Crippen LogP contribution in [0, 0.1) is 6.92 Å². The van der Waals surface area contributed by atoms with Crippen LogP contribution in [0.1, 0.15) is 17.5 Å². The lowest BCUT2D eigenvalue weighted by molar-refractivity contribution is -0.00516. The number of pyridine rings is 1. The molecule has 3 rings (SSSR count). The lowest BCUT2D eigenvalue weighted by Crippen LogP contribution is -2.42. The Morgan fingerprint density at radius 1 is 1.27 bits per heavy atom. The van der Waals surface area contributed by atoms with Crippen molar-refractivity contribution in [3.8, 4) is 0 Å². The van der Waals surface area contributed by atoms with Crippen molar-refractivity contribution in [2.24, 2.45) is 0 Å². The second-order valence-corrected chi connectivity index (χ2v) is 6.93. The molecule has 0 spiro atoms. The highest BCUT2D eigenvalue weighted by atomic mass is 32.2. The number of sulfonamides is 1. The Morgan fingerprint density at radius 2 is 2.14 bits per heavy atom. The standard InChI is InChI=1S/C14H16N4O3S/c1-11-7-17-13(9-16-11)14-10-18(5-6-21-14)22(19,20)12-3-2-4-15-8-12/h2-4,7-9,14H,5-6,10H2,1H3/t14-/m0/s1. The molecular formula is C14H16N4O3S. The molecule has 0 aromatic carbocycles. The quantitative estimate of drug-likeness (QED) is 0.837. The molecule has 2 aromatic heterocycles. The summed E-state index contributed by atoms with van der Waals surface area (Å²) in [6, 6.07) is 3.15. The molecule has 2 aromatic rings. The monoisotopic (exact) mass is 320 g/mol. The maximum absolute atomic E-state index is 12.6. The predicted molar refractivity (Wildman–Crippen MR) is 78.5 cm³/mol. The summed E-state index contributed by atoms with van der Waals surface area (Å²) in [7, 11) is -3.57. The Kier molecular flexibility index (Phi) is 4.14. The van der Waals surface area contributed by atoms with Gasteiger partial charge in [-0.1, -0.05) is 0 Å². The van der Waals surface area contributed by atoms with Crippen LogP contribution in [0.25, 0.3) is 0 Å². The van der Waals surface area contributed by atoms with Gasteiger partial charge in [0, 0.05) is 31.7 Å². The van der Waals surface area contributed by atoms with Crippen LogP contribution in [0.5, 0.6) is 0 Å². The predicted octanol–water partition coefficient (Wildman–Crippen LogP) is 0.942. The molecule has 1 fully saturated rings. The number of aromatic nitrogens is 3. The van der Waals surface area contributed by atoms with Gasteiger partial charge in [-0.25, -0.2) is 8.42 Å². The molecule has 0 N–H and O–H groups in total. The molecule has 0 bridgehead atoms. The van der Waals surface area contributed by atoms with Crippen molar-refractivity contribution in [3.05, 3.63) is 48.3 Å². The van der Waals surface area contributed by atoms with Crippen LogP contribution in [0.3, 0.4) is 0 Å². The Bertz CT molecular complexity index is 734. The molecule has 22 heavy (non-hydrogen) atoms. The Balaban J connectivity index is 1.82. The molecule has 8 heteroatoms. The first-order valence-corrected chi connectivity index (χ1v) is 8.32. The number of morpholine rings is 1. The third-order valence-corrected chi connectivity index (χ3v) is 5.28. The fraction of sp³-hybridized carbons (Fsp3) is 0.357. The van der Waals surface area contributed by atoms with Gasteiger partial charge in [-0.05, 0) is 19.1 Å². The van der Waals surface area contributed by atoms with Crippen molar-refractivity contribution in [1.29, 1.82) is 0 Å². The van der Waals surface area contributed by atoms with Crippen LogP contribution >= 0.6 is 0 Å². The van der Waals surface area contributed by atoms with Crippen molar-refractivity contribution in [2.45, 2.75) is 17.9 Å². The molecule has 7 nitrogen and oxygen atoms in total. The molecule has 0 unspecified atom stereocenters. The summed E-state index contributed by atoms with van der Waals surface area (Å²) < 4.78 is 32.3. The lowest BCUT2D eigenvalue weighted by Gasteiger charge is -2.31. The minimum atomic E-state index is -3.57. The summed E-state index contributed by atoms with van der Waals surface area (Å²) in [4.78, 5) is 12.5. The van der Waals surface area contributed by atoms with E-state index in [1.165, 1.54) is 10.5 Å². The van der Waals surface area contributed by atoms with E-state index in [1.54, 1.807) is 30.7 Å². The topological polar surface area (TPSA) is 85.3 Å². The molecule has 116 valence electrons. The maximum atomic E-state index is 12.6. The number of rotatable bonds is 3. The first-order valence-electron chi connectivity index (χ1n) is 6.88. The third kappa shape index (κ3) is 2.99. The van der Waals surface area contributed by atoms with Gasteiger partial charge in [-0.3, -0.25) is 15.0 Å². The zero-order valence-electron chi connectivity index (χ0n) is 12.1. The number of hydrogen-bond acceptors (Lipinski definition) is 6. The maximum Gasteiger partial charge on any atom is 0.244 e. The van der Waals surface area contributed by atoms with Gasteiger partial charge >= 0.3 is 0 Å². The van der Waals surface area contributed by atoms with E-state index in [0.717, 1.165) is 5.69 Å². The molecule has 0 aliphatic carbocycles. The van der Waals surface area contributed by atoms with Gasteiger partial charge in [-0.2, -0.15) is 4.31 Å². The van der Waals surface area contributed by atoms with Crippen LogP contribution in [0.15, 0.2) is 41.8 Å². The molecule has 1 atom stereocenters. The number of ether oxygens (including phenoxy) is 1. The van der Waals surface area contributed by atoms with E-state index >= 15 is 0 Å². The smallest absolute Gasteiger partial charge is 0.244 e. The highest BCUT2D eigenvalue weighted by molar-refractivity contribution is 7.89. The SMILES string of the molecule is Cc1cnc([C@@H]2CN(S(=O)(=O)c3cccnc3)CCO2)cn1. The minimum absolute atomic E-state index is 0.186. The zero-order valence-corrected chi connectivity index (χ0v) is 12.9. The van der Waals surface area contributed by atoms with Gasteiger partial charge in [0.25, 0.3) is 0 Å². The minimum Gasteiger partial charge on any atom is -0.369 e. The van der Waals surface area contributed by atoms with Gasteiger partial charge in [0.1, 0.15) is 11.0 Å². The van der Waals surface area contributed by atoms with Crippen molar-refractivity contribution < 1.29 is 13.2 Å². The van der Waals surface area contributed by atoms with E-state index in [-0.39, 0.29) is 11.4 Å². The van der Waals surface area contributed by atoms with Crippen LogP contribution < -0.4 is 0 Å². The molecule has 0 saturated carbocycles. The molecule has 1 aliphatic rings. The summed E-state index contributed by atoms with van der Waals surface area (Å²) in [6.07, 6.45) is 5.76. The fourth-order valence-electron chi connectivity index (χ4n) is 2.24. The van der Waals surface area contributed by atoms with Gasteiger partial charge in [0.05, 0.1) is 24.2 Å². The van der Waals surface area contributed by atoms with Gasteiger partial charge in [0.15, 0.2) is 0 Å². The fourth-order valence-corrected chi connectivity index (χ4v) is 3.63. The van der Waals surface area contributed by atoms with E-state index in [4.69, 9.17) is 4.74 Å². The summed E-state index contributed by atoms with van der Waals surface area (Å²) in [6.45, 7) is 2.69. The largest absolute Gasteiger partial charge is 0.369 e. The normalized spacial score (nSPS) is 20.0. The highest BCUT2D eigenvalue weighted by Crippen LogP contribution is 2.24. The van der Waals surface area contributed by atoms with Crippen LogP contribution in [0.4, 0.5) is 0 Å². The van der Waals surface area contributed by atoms with Gasteiger partial charge in [-0.15, -0.1) is 0 Å². The van der Waals surface area contributed by atoms with Crippen molar-refractivity contribution >= 4 is 10.0 Å². The lowest BCUT2D eigenvalue weighted by atomic mass is 10.2.